The van der Waals surface area contributed by atoms with Gasteiger partial charge >= 0.3 is 0 Å². The number of nitriles is 1. The molecule has 17 heavy (non-hydrogen) atoms. The molecule has 0 aliphatic heterocycles. The van der Waals surface area contributed by atoms with Gasteiger partial charge in [-0.25, -0.2) is 4.39 Å². The van der Waals surface area contributed by atoms with E-state index in [1.807, 2.05) is 0 Å². The van der Waals surface area contributed by atoms with Gasteiger partial charge in [-0.05, 0) is 35.4 Å². The monoisotopic (exact) mass is 221 g/mol. The Bertz CT molecular complexity index is 627. The number of hydrogen-bond donors (Lipinski definition) is 0. The smallest absolute Gasteiger partial charge is 0.123 e. The molecule has 0 aromatic heterocycles. The Hall–Kier alpha value is -2.58. The molecular formula is C15H8FN. The van der Waals surface area contributed by atoms with Crippen LogP contribution in [0, 0.1) is 29.5 Å². The first-order valence-corrected chi connectivity index (χ1v) is 5.01. The average Bonchev–Trinajstić information content (AvgIpc) is 2.39. The predicted molar refractivity (Wildman–Crippen MR) is 64.5 cm³/mol. The summed E-state index contributed by atoms with van der Waals surface area (Å²) < 4.78 is 12.8. The van der Waals surface area contributed by atoms with Crippen molar-refractivity contribution < 1.29 is 4.39 Å². The third-order valence-electron chi connectivity index (χ3n) is 2.46. The number of rotatable bonds is 1. The summed E-state index contributed by atoms with van der Waals surface area (Å²) in [4.78, 5) is 0. The van der Waals surface area contributed by atoms with Crippen molar-refractivity contribution in [1.29, 1.82) is 5.26 Å². The zero-order valence-electron chi connectivity index (χ0n) is 8.94. The molecular weight excluding hydrogens is 213 g/mol. The van der Waals surface area contributed by atoms with Gasteiger partial charge in [-0.15, -0.1) is 6.42 Å². The highest BCUT2D eigenvalue weighted by Gasteiger charge is 2.05. The van der Waals surface area contributed by atoms with Gasteiger partial charge in [-0.3, -0.25) is 0 Å². The lowest BCUT2D eigenvalue weighted by Gasteiger charge is -2.04. The molecule has 0 saturated carbocycles. The maximum Gasteiger partial charge on any atom is 0.123 e. The highest BCUT2D eigenvalue weighted by molar-refractivity contribution is 5.71. The number of nitrogens with zero attached hydrogens (tertiary/aromatic N) is 1. The van der Waals surface area contributed by atoms with Gasteiger partial charge in [-0.2, -0.15) is 5.26 Å². The van der Waals surface area contributed by atoms with Crippen LogP contribution in [0.15, 0.2) is 42.5 Å². The van der Waals surface area contributed by atoms with E-state index in [-0.39, 0.29) is 5.82 Å². The molecule has 2 aromatic rings. The quantitative estimate of drug-likeness (QED) is 0.677. The molecule has 2 aromatic carbocycles. The van der Waals surface area contributed by atoms with Crippen molar-refractivity contribution in [2.24, 2.45) is 0 Å². The molecule has 0 aliphatic rings. The lowest BCUT2D eigenvalue weighted by Crippen LogP contribution is -1.86. The summed E-state index contributed by atoms with van der Waals surface area (Å²) in [5.41, 5.74) is 2.71. The largest absolute Gasteiger partial charge is 0.207 e. The second kappa shape index (κ2) is 4.51. The molecule has 0 fully saturated rings. The molecule has 80 valence electrons. The third kappa shape index (κ3) is 2.17. The van der Waals surface area contributed by atoms with E-state index in [1.165, 1.54) is 12.1 Å². The van der Waals surface area contributed by atoms with Gasteiger partial charge < -0.3 is 0 Å². The predicted octanol–water partition coefficient (Wildman–Crippen LogP) is 3.35. The Balaban J connectivity index is 2.57. The topological polar surface area (TPSA) is 23.8 Å². The lowest BCUT2D eigenvalue weighted by molar-refractivity contribution is 0.628. The van der Waals surface area contributed by atoms with Crippen molar-refractivity contribution in [3.8, 4) is 29.5 Å². The number of hydrogen-bond acceptors (Lipinski definition) is 1. The van der Waals surface area contributed by atoms with Crippen LogP contribution in [-0.4, -0.2) is 0 Å². The molecule has 0 saturated heterocycles. The number of benzene rings is 2. The normalized spacial score (nSPS) is 9.35. The van der Waals surface area contributed by atoms with Gasteiger partial charge in [0, 0.05) is 5.56 Å². The first-order valence-electron chi connectivity index (χ1n) is 5.01. The van der Waals surface area contributed by atoms with E-state index in [9.17, 15) is 4.39 Å². The Morgan fingerprint density at radius 3 is 2.35 bits per heavy atom. The first-order chi connectivity index (χ1) is 8.24. The standard InChI is InChI=1S/C15H8FN/c1-2-11-3-8-15(13(9-11)10-17)12-4-6-14(16)7-5-12/h1,3-9H. The van der Waals surface area contributed by atoms with Crippen LogP contribution >= 0.6 is 0 Å². The summed E-state index contributed by atoms with van der Waals surface area (Å²) in [6, 6.07) is 13.3. The number of halogens is 1. The van der Waals surface area contributed by atoms with Crippen molar-refractivity contribution in [3.63, 3.8) is 0 Å². The summed E-state index contributed by atoms with van der Waals surface area (Å²) in [6.07, 6.45) is 5.27. The van der Waals surface area contributed by atoms with Crippen molar-refractivity contribution in [2.45, 2.75) is 0 Å². The second-order valence-electron chi connectivity index (χ2n) is 3.52. The Morgan fingerprint density at radius 1 is 1.06 bits per heavy atom. The fourth-order valence-corrected chi connectivity index (χ4v) is 1.61. The lowest BCUT2D eigenvalue weighted by atomic mass is 9.98. The van der Waals surface area contributed by atoms with E-state index in [4.69, 9.17) is 11.7 Å². The first kappa shape index (κ1) is 10.9. The minimum atomic E-state index is -0.299. The summed E-state index contributed by atoms with van der Waals surface area (Å²) in [5, 5.41) is 9.06. The minimum absolute atomic E-state index is 0.299. The maximum absolute atomic E-state index is 12.8. The summed E-state index contributed by atoms with van der Waals surface area (Å²) >= 11 is 0. The molecule has 0 heterocycles. The van der Waals surface area contributed by atoms with Gasteiger partial charge in [0.05, 0.1) is 11.6 Å². The molecule has 2 rings (SSSR count). The van der Waals surface area contributed by atoms with Gasteiger partial charge in [0.2, 0.25) is 0 Å². The molecule has 0 radical (unpaired) electrons. The minimum Gasteiger partial charge on any atom is -0.207 e. The van der Waals surface area contributed by atoms with Crippen molar-refractivity contribution in [1.82, 2.24) is 0 Å². The SMILES string of the molecule is C#Cc1ccc(-c2ccc(F)cc2)c(C#N)c1. The molecule has 1 nitrogen and oxygen atoms in total. The van der Waals surface area contributed by atoms with E-state index >= 15 is 0 Å². The molecule has 0 spiro atoms. The van der Waals surface area contributed by atoms with Crippen LogP contribution in [-0.2, 0) is 0 Å². The van der Waals surface area contributed by atoms with E-state index in [2.05, 4.69) is 12.0 Å². The highest BCUT2D eigenvalue weighted by atomic mass is 19.1. The van der Waals surface area contributed by atoms with Crippen molar-refractivity contribution in [2.75, 3.05) is 0 Å². The second-order valence-corrected chi connectivity index (χ2v) is 3.52. The third-order valence-corrected chi connectivity index (χ3v) is 2.46. The fraction of sp³-hybridized carbons (Fsp3) is 0. The zero-order valence-corrected chi connectivity index (χ0v) is 8.94. The van der Waals surface area contributed by atoms with Gasteiger partial charge in [0.25, 0.3) is 0 Å². The molecule has 0 N–H and O–H groups in total. The molecule has 0 amide bonds. The van der Waals surface area contributed by atoms with Crippen molar-refractivity contribution >= 4 is 0 Å². The molecule has 0 bridgehead atoms. The van der Waals surface area contributed by atoms with E-state index in [0.29, 0.717) is 11.1 Å². The Labute approximate surface area is 99.1 Å². The molecule has 2 heteroatoms. The van der Waals surface area contributed by atoms with Gasteiger partial charge in [0.15, 0.2) is 0 Å². The van der Waals surface area contributed by atoms with E-state index < -0.39 is 0 Å². The van der Waals surface area contributed by atoms with Gasteiger partial charge in [0.1, 0.15) is 5.82 Å². The van der Waals surface area contributed by atoms with Crippen molar-refractivity contribution in [3.05, 3.63) is 59.4 Å². The van der Waals surface area contributed by atoms with E-state index in [1.54, 1.807) is 30.3 Å². The zero-order chi connectivity index (χ0) is 12.3. The van der Waals surface area contributed by atoms with Crippen LogP contribution in [0.3, 0.4) is 0 Å². The van der Waals surface area contributed by atoms with Crippen LogP contribution in [0.1, 0.15) is 11.1 Å². The average molecular weight is 221 g/mol. The van der Waals surface area contributed by atoms with Crippen LogP contribution < -0.4 is 0 Å². The summed E-state index contributed by atoms with van der Waals surface area (Å²) in [6.45, 7) is 0. The van der Waals surface area contributed by atoms with Crippen LogP contribution in [0.2, 0.25) is 0 Å². The summed E-state index contributed by atoms with van der Waals surface area (Å²) in [7, 11) is 0. The number of terminal acetylenes is 1. The van der Waals surface area contributed by atoms with Crippen LogP contribution in [0.25, 0.3) is 11.1 Å². The maximum atomic E-state index is 12.8. The molecule has 0 atom stereocenters. The van der Waals surface area contributed by atoms with Gasteiger partial charge in [-0.1, -0.05) is 24.1 Å². The Morgan fingerprint density at radius 2 is 1.76 bits per heavy atom. The van der Waals surface area contributed by atoms with Crippen LogP contribution in [0.5, 0.6) is 0 Å². The summed E-state index contributed by atoms with van der Waals surface area (Å²) in [5.74, 6) is 2.18. The van der Waals surface area contributed by atoms with Crippen LogP contribution in [0.4, 0.5) is 4.39 Å². The fourth-order valence-electron chi connectivity index (χ4n) is 1.61. The van der Waals surface area contributed by atoms with E-state index in [0.717, 1.165) is 11.1 Å². The molecule has 0 aliphatic carbocycles. The molecule has 0 unspecified atom stereocenters. The highest BCUT2D eigenvalue weighted by Crippen LogP contribution is 2.24. The Kier molecular flexibility index (Phi) is 2.90.